The van der Waals surface area contributed by atoms with Crippen molar-refractivity contribution in [1.82, 2.24) is 0 Å². The van der Waals surface area contributed by atoms with E-state index in [2.05, 4.69) is 97.9 Å². The second-order valence-electron chi connectivity index (χ2n) is 9.50. The van der Waals surface area contributed by atoms with Crippen LogP contribution in [0.3, 0.4) is 0 Å². The number of unbranched alkanes of at least 4 members (excludes halogenated alkanes) is 5. The van der Waals surface area contributed by atoms with Crippen molar-refractivity contribution in [3.8, 4) is 0 Å². The highest BCUT2D eigenvalue weighted by molar-refractivity contribution is 5.25. The first-order chi connectivity index (χ1) is 15.7. The molecule has 3 rings (SSSR count). The lowest BCUT2D eigenvalue weighted by Crippen LogP contribution is -2.52. The molecular weight excluding hydrogens is 386 g/mol. The van der Waals surface area contributed by atoms with Crippen molar-refractivity contribution in [2.45, 2.75) is 76.7 Å². The Kier molecular flexibility index (Phi) is 10.0. The van der Waals surface area contributed by atoms with Crippen molar-refractivity contribution in [2.24, 2.45) is 11.7 Å². The third-order valence-corrected chi connectivity index (χ3v) is 6.80. The molecule has 0 heterocycles. The summed E-state index contributed by atoms with van der Waals surface area (Å²) in [6, 6.07) is 32.6. The molecule has 1 heteroatoms. The minimum Gasteiger partial charge on any atom is -0.324 e. The van der Waals surface area contributed by atoms with E-state index < -0.39 is 0 Å². The van der Waals surface area contributed by atoms with Crippen LogP contribution >= 0.6 is 0 Å². The fraction of sp³-hybridized carbons (Fsp3) is 0.419. The lowest BCUT2D eigenvalue weighted by atomic mass is 9.71. The molecule has 1 atom stereocenters. The van der Waals surface area contributed by atoms with Crippen LogP contribution in [0.15, 0.2) is 91.0 Å². The topological polar surface area (TPSA) is 26.0 Å². The molecule has 0 aliphatic rings. The molecule has 2 N–H and O–H groups in total. The number of benzene rings is 3. The molecule has 170 valence electrons. The minimum atomic E-state index is -0.276. The van der Waals surface area contributed by atoms with Crippen LogP contribution in [0.5, 0.6) is 0 Å². The normalized spacial score (nSPS) is 12.6. The van der Waals surface area contributed by atoms with E-state index in [1.54, 1.807) is 0 Å². The molecule has 0 bridgehead atoms. The highest BCUT2D eigenvalue weighted by Gasteiger charge is 2.35. The van der Waals surface area contributed by atoms with Crippen molar-refractivity contribution >= 4 is 0 Å². The lowest BCUT2D eigenvalue weighted by molar-refractivity contribution is 0.241. The highest BCUT2D eigenvalue weighted by Crippen LogP contribution is 2.32. The van der Waals surface area contributed by atoms with E-state index in [0.717, 1.165) is 19.3 Å². The fourth-order valence-electron chi connectivity index (χ4n) is 4.97. The Bertz CT molecular complexity index is 815. The standard InChI is InChI=1S/C31H41N/c1-2-3-4-5-6-16-23-30(24-27-17-10-7-11-18-27)31(32,25-28-19-12-8-13-20-28)26-29-21-14-9-15-22-29/h7-15,17-22,30H,2-6,16,23-26,32H2,1H3. The van der Waals surface area contributed by atoms with Crippen molar-refractivity contribution in [3.05, 3.63) is 108 Å². The molecule has 0 aromatic heterocycles. The molecule has 0 saturated heterocycles. The van der Waals surface area contributed by atoms with Crippen LogP contribution < -0.4 is 5.73 Å². The van der Waals surface area contributed by atoms with Gasteiger partial charge in [-0.2, -0.15) is 0 Å². The van der Waals surface area contributed by atoms with E-state index in [4.69, 9.17) is 5.73 Å². The SMILES string of the molecule is CCCCCCCCC(Cc1ccccc1)C(N)(Cc1ccccc1)Cc1ccccc1. The third kappa shape index (κ3) is 7.95. The quantitative estimate of drug-likeness (QED) is 0.261. The monoisotopic (exact) mass is 427 g/mol. The summed E-state index contributed by atoms with van der Waals surface area (Å²) in [5.41, 5.74) is 11.2. The Morgan fingerprint density at radius 3 is 1.53 bits per heavy atom. The van der Waals surface area contributed by atoms with Gasteiger partial charge in [0.15, 0.2) is 0 Å². The van der Waals surface area contributed by atoms with E-state index in [1.165, 1.54) is 61.6 Å². The number of nitrogens with two attached hydrogens (primary N) is 1. The van der Waals surface area contributed by atoms with Crippen LogP contribution in [-0.4, -0.2) is 5.54 Å². The Morgan fingerprint density at radius 2 is 1.03 bits per heavy atom. The molecule has 3 aromatic carbocycles. The van der Waals surface area contributed by atoms with Crippen LogP contribution in [0.2, 0.25) is 0 Å². The smallest absolute Gasteiger partial charge is 0.0267 e. The van der Waals surface area contributed by atoms with Gasteiger partial charge in [0.2, 0.25) is 0 Å². The van der Waals surface area contributed by atoms with Gasteiger partial charge in [-0.25, -0.2) is 0 Å². The van der Waals surface area contributed by atoms with E-state index in [-0.39, 0.29) is 5.54 Å². The zero-order valence-electron chi connectivity index (χ0n) is 19.9. The van der Waals surface area contributed by atoms with Crippen molar-refractivity contribution in [2.75, 3.05) is 0 Å². The summed E-state index contributed by atoms with van der Waals surface area (Å²) in [4.78, 5) is 0. The van der Waals surface area contributed by atoms with Crippen LogP contribution in [0.25, 0.3) is 0 Å². The predicted octanol–water partition coefficient (Wildman–Crippen LogP) is 7.78. The summed E-state index contributed by atoms with van der Waals surface area (Å²) < 4.78 is 0. The molecular formula is C31H41N. The average molecular weight is 428 g/mol. The minimum absolute atomic E-state index is 0.276. The summed E-state index contributed by atoms with van der Waals surface area (Å²) in [5.74, 6) is 0.441. The van der Waals surface area contributed by atoms with E-state index in [0.29, 0.717) is 5.92 Å². The molecule has 1 nitrogen and oxygen atoms in total. The number of hydrogen-bond donors (Lipinski definition) is 1. The highest BCUT2D eigenvalue weighted by atomic mass is 14.8. The zero-order valence-corrected chi connectivity index (χ0v) is 19.9. The predicted molar refractivity (Wildman–Crippen MR) is 139 cm³/mol. The van der Waals surface area contributed by atoms with Gasteiger partial charge in [-0.1, -0.05) is 136 Å². The average Bonchev–Trinajstić information content (AvgIpc) is 2.82. The third-order valence-electron chi connectivity index (χ3n) is 6.80. The first-order valence-electron chi connectivity index (χ1n) is 12.6. The Labute approximate surface area is 196 Å². The molecule has 0 fully saturated rings. The summed E-state index contributed by atoms with van der Waals surface area (Å²) in [6.45, 7) is 2.28. The van der Waals surface area contributed by atoms with E-state index in [9.17, 15) is 0 Å². The molecule has 0 radical (unpaired) electrons. The Morgan fingerprint density at radius 1 is 0.594 bits per heavy atom. The van der Waals surface area contributed by atoms with Crippen molar-refractivity contribution in [3.63, 3.8) is 0 Å². The van der Waals surface area contributed by atoms with Gasteiger partial charge in [0, 0.05) is 5.54 Å². The Balaban J connectivity index is 1.82. The largest absolute Gasteiger partial charge is 0.324 e. The molecule has 0 amide bonds. The summed E-state index contributed by atoms with van der Waals surface area (Å²) >= 11 is 0. The van der Waals surface area contributed by atoms with Crippen LogP contribution in [0, 0.1) is 5.92 Å². The first-order valence-corrected chi connectivity index (χ1v) is 12.6. The number of hydrogen-bond acceptors (Lipinski definition) is 1. The van der Waals surface area contributed by atoms with Gasteiger partial charge >= 0.3 is 0 Å². The van der Waals surface area contributed by atoms with Crippen molar-refractivity contribution < 1.29 is 0 Å². The maximum atomic E-state index is 7.42. The van der Waals surface area contributed by atoms with Gasteiger partial charge < -0.3 is 5.73 Å². The molecule has 0 saturated carbocycles. The molecule has 0 aliphatic heterocycles. The first kappa shape index (κ1) is 24.3. The van der Waals surface area contributed by atoms with Crippen molar-refractivity contribution in [1.29, 1.82) is 0 Å². The maximum absolute atomic E-state index is 7.42. The number of rotatable bonds is 14. The molecule has 3 aromatic rings. The van der Waals surface area contributed by atoms with Gasteiger partial charge in [-0.3, -0.25) is 0 Å². The molecule has 32 heavy (non-hydrogen) atoms. The molecule has 0 aliphatic carbocycles. The van der Waals surface area contributed by atoms with Crippen LogP contribution in [-0.2, 0) is 19.3 Å². The molecule has 1 unspecified atom stereocenters. The van der Waals surface area contributed by atoms with Gasteiger partial charge in [0.05, 0.1) is 0 Å². The summed E-state index contributed by atoms with van der Waals surface area (Å²) in [7, 11) is 0. The van der Waals surface area contributed by atoms with Crippen LogP contribution in [0.4, 0.5) is 0 Å². The summed E-state index contributed by atoms with van der Waals surface area (Å²) in [5, 5.41) is 0. The second kappa shape index (κ2) is 13.2. The van der Waals surface area contributed by atoms with Gasteiger partial charge in [0.1, 0.15) is 0 Å². The van der Waals surface area contributed by atoms with E-state index >= 15 is 0 Å². The maximum Gasteiger partial charge on any atom is 0.0267 e. The van der Waals surface area contributed by atoms with Gasteiger partial charge in [-0.05, 0) is 48.3 Å². The fourth-order valence-corrected chi connectivity index (χ4v) is 4.97. The van der Waals surface area contributed by atoms with Crippen LogP contribution in [0.1, 0.15) is 68.6 Å². The van der Waals surface area contributed by atoms with E-state index in [1.807, 2.05) is 0 Å². The summed E-state index contributed by atoms with van der Waals surface area (Å²) in [6.07, 6.45) is 12.0. The van der Waals surface area contributed by atoms with Gasteiger partial charge in [0.25, 0.3) is 0 Å². The molecule has 0 spiro atoms. The zero-order chi connectivity index (χ0) is 22.5. The Hall–Kier alpha value is -2.38. The van der Waals surface area contributed by atoms with Gasteiger partial charge in [-0.15, -0.1) is 0 Å². The second-order valence-corrected chi connectivity index (χ2v) is 9.50. The lowest BCUT2D eigenvalue weighted by Gasteiger charge is -2.39.